The van der Waals surface area contributed by atoms with E-state index in [2.05, 4.69) is 140 Å². The van der Waals surface area contributed by atoms with E-state index in [1.54, 1.807) is 0 Å². The van der Waals surface area contributed by atoms with E-state index in [0.29, 0.717) is 102 Å². The van der Waals surface area contributed by atoms with E-state index >= 15 is 0 Å². The third kappa shape index (κ3) is 18.3. The van der Waals surface area contributed by atoms with E-state index < -0.39 is 31.2 Å². The van der Waals surface area contributed by atoms with E-state index in [4.69, 9.17) is 105 Å². The number of ether oxygens (including phenoxy) is 2. The van der Waals surface area contributed by atoms with Crippen molar-refractivity contribution in [3.05, 3.63) is 231 Å². The third-order valence-corrected chi connectivity index (χ3v) is 29.5. The summed E-state index contributed by atoms with van der Waals surface area (Å²) >= 11 is 2.54. The van der Waals surface area contributed by atoms with Gasteiger partial charge in [0, 0.05) is 9.26 Å². The van der Waals surface area contributed by atoms with Crippen molar-refractivity contribution in [1.29, 1.82) is 0 Å². The van der Waals surface area contributed by atoms with Crippen molar-refractivity contribution in [2.45, 2.75) is 218 Å². The second-order valence-corrected chi connectivity index (χ2v) is 37.9. The van der Waals surface area contributed by atoms with Crippen LogP contribution in [0.2, 0.25) is 0 Å². The molecule has 9 nitrogen and oxygen atoms in total. The van der Waals surface area contributed by atoms with Crippen LogP contribution in [0.3, 0.4) is 0 Å². The predicted octanol–water partition coefficient (Wildman–Crippen LogP) is 17.7. The van der Waals surface area contributed by atoms with Gasteiger partial charge in [0.25, 0.3) is 31.2 Å². The number of aryl methyl sites for hydroxylation is 17. The van der Waals surface area contributed by atoms with Crippen LogP contribution in [-0.2, 0) is 24.6 Å². The fourth-order valence-corrected chi connectivity index (χ4v) is 23.0. The summed E-state index contributed by atoms with van der Waals surface area (Å²) in [6, 6.07) is 17.9. The molecule has 16 radical (unpaired) electrons. The van der Waals surface area contributed by atoms with E-state index in [-0.39, 0.29) is 27.1 Å². The molecule has 0 fully saturated rings. The van der Waals surface area contributed by atoms with E-state index in [1.807, 2.05) is 125 Å². The maximum absolute atomic E-state index is 8.15. The van der Waals surface area contributed by atoms with E-state index in [9.17, 15) is 0 Å². The van der Waals surface area contributed by atoms with Crippen LogP contribution < -0.4 is 86.1 Å². The van der Waals surface area contributed by atoms with Gasteiger partial charge in [-0.3, -0.25) is 0 Å². The van der Waals surface area contributed by atoms with Crippen LogP contribution in [0.15, 0.2) is 54.6 Å². The molecule has 0 aliphatic rings. The Kier molecular flexibility index (Phi) is 28.6. The second kappa shape index (κ2) is 36.3. The topological polar surface area (TPSA) is 99.9 Å². The Morgan fingerprint density at radius 2 is 0.518 bits per heavy atom. The first-order valence-corrected chi connectivity index (χ1v) is 44.9. The van der Waals surface area contributed by atoms with Gasteiger partial charge in [-0.15, -0.1) is 0 Å². The highest BCUT2D eigenvalue weighted by atomic mass is 127. The predicted molar refractivity (Wildman–Crippen MR) is 504 cm³/mol. The van der Waals surface area contributed by atoms with Crippen molar-refractivity contribution >= 4 is 168 Å². The van der Waals surface area contributed by atoms with Gasteiger partial charge in [-0.2, -0.15) is 0 Å². The molecule has 0 aliphatic heterocycles. The Balaban J connectivity index is 1.38. The van der Waals surface area contributed by atoms with E-state index in [1.165, 1.54) is 0 Å². The lowest BCUT2D eigenvalue weighted by atomic mass is 9.84. The fraction of sp³-hybridized carbons (Fsp3) is 0.348. The van der Waals surface area contributed by atoms with Gasteiger partial charge >= 0.3 is 0 Å². The second-order valence-electron chi connectivity index (χ2n) is 31.5. The molecule has 0 amide bonds. The normalized spacial score (nSPS) is 11.7. The standard InChI is InChI=1S/C92H102B8INO8P4/c1-41-28-50(10)84(60(20)74(41)93)103-92(104-85-51(11)29-42(2)75(94)61(85)21)111-37-69-73(70(58(18)59(19)83(69)102)39-113(107-88-54(14)32-45(5)78(97)64(88)24)108-89-55(15)33-46(6)79(98)65(89)25)72-68(38-112(105-86-52(12)30-43(3)76(95)62(86)22)106-87-53(13)31-44(4)77(96)63(87)23)36-49(9)82(101)71(72)40-114(109-90-56(16)34-47(7)80(99)66(90)26)110-91-57(17)35-48(8)81(100)67(91)27/h28-36,92,111H,37-40,102H2,1-27H3. The zero-order valence-electron chi connectivity index (χ0n) is 71.8. The number of hydrogen-bond donors (Lipinski definition) is 1. The molecule has 2 N–H and O–H groups in total. The molecule has 10 aromatic carbocycles. The molecule has 0 heterocycles. The SMILES string of the molecule is [B]c1c(C)cc(C)c(OC(Oc2c(C)cc(C)c([B])c2C)PCc2c(N)c(C)c(C)c(CP(Oc3c(C)cc(C)c([B])c3C)Oc3c(C)cc(C)c([B])c3C)c2-c2c(CP(Oc3c(C)cc(C)c([B])c3C)Oc3c(C)cc(C)c([B])c3C)cc(C)c(I)c2CP(Oc2c(C)cc(C)c([B])c2C)Oc2c(C)cc(C)c([B])c2C)c1C. The molecule has 1 unspecified atom stereocenters. The van der Waals surface area contributed by atoms with Crippen LogP contribution in [-0.4, -0.2) is 68.8 Å². The minimum Gasteiger partial charge on any atom is -0.451 e. The summed E-state index contributed by atoms with van der Waals surface area (Å²) in [7, 11) is 49.6. The van der Waals surface area contributed by atoms with Gasteiger partial charge in [0.2, 0.25) is 0 Å². The molecule has 0 saturated carbocycles. The molecule has 10 rings (SSSR count). The summed E-state index contributed by atoms with van der Waals surface area (Å²) in [6.07, 6.45) is 0.891. The number of benzene rings is 10. The molecule has 1 atom stereocenters. The number of halogens is 1. The molecule has 0 aromatic heterocycles. The zero-order chi connectivity index (χ0) is 84.3. The first-order chi connectivity index (χ1) is 53.3. The van der Waals surface area contributed by atoms with E-state index in [0.717, 1.165) is 187 Å². The smallest absolute Gasteiger partial charge is 0.295 e. The molecule has 0 aliphatic carbocycles. The summed E-state index contributed by atoms with van der Waals surface area (Å²) in [5.41, 5.74) is 42.7. The van der Waals surface area contributed by atoms with Crippen LogP contribution in [0.5, 0.6) is 46.0 Å². The number of anilines is 1. The maximum atomic E-state index is 8.15. The Morgan fingerprint density at radius 3 is 0.789 bits per heavy atom. The van der Waals surface area contributed by atoms with Gasteiger partial charge in [-0.05, 0) is 363 Å². The van der Waals surface area contributed by atoms with Gasteiger partial charge in [0.1, 0.15) is 109 Å². The summed E-state index contributed by atoms with van der Waals surface area (Å²) in [5, 5.41) is 0. The third-order valence-electron chi connectivity index (χ3n) is 22.8. The van der Waals surface area contributed by atoms with Crippen LogP contribution in [0, 0.1) is 191 Å². The van der Waals surface area contributed by atoms with Crippen LogP contribution in [0.1, 0.15) is 172 Å². The highest BCUT2D eigenvalue weighted by Crippen LogP contribution is 2.58. The Bertz CT molecular complexity index is 5270. The highest BCUT2D eigenvalue weighted by molar-refractivity contribution is 14.1. The molecule has 10 aromatic rings. The number of nitrogen functional groups attached to an aromatic ring is 1. The maximum Gasteiger partial charge on any atom is 0.295 e. The lowest BCUT2D eigenvalue weighted by Gasteiger charge is -2.32. The lowest BCUT2D eigenvalue weighted by molar-refractivity contribution is 0.0785. The lowest BCUT2D eigenvalue weighted by Crippen LogP contribution is -2.25. The summed E-state index contributed by atoms with van der Waals surface area (Å²) < 4.78 is 61.6. The van der Waals surface area contributed by atoms with Crippen LogP contribution in [0.4, 0.5) is 5.69 Å². The van der Waals surface area contributed by atoms with Gasteiger partial charge in [-0.25, -0.2) is 0 Å². The van der Waals surface area contributed by atoms with Crippen molar-refractivity contribution in [3.8, 4) is 57.1 Å². The zero-order valence-corrected chi connectivity index (χ0v) is 77.6. The molecular weight excluding hydrogens is 1580 g/mol. The summed E-state index contributed by atoms with van der Waals surface area (Å²) in [5.74, 6) is 4.96. The average Bonchev–Trinajstić information content (AvgIpc) is 0.735. The van der Waals surface area contributed by atoms with Gasteiger partial charge in [0.05, 0.1) is 18.5 Å². The Labute approximate surface area is 710 Å². The van der Waals surface area contributed by atoms with Crippen LogP contribution >= 0.6 is 56.3 Å². The molecule has 114 heavy (non-hydrogen) atoms. The highest BCUT2D eigenvalue weighted by Gasteiger charge is 2.36. The van der Waals surface area contributed by atoms with Crippen molar-refractivity contribution in [2.75, 3.05) is 5.73 Å². The number of hydrogen-bond acceptors (Lipinski definition) is 9. The largest absolute Gasteiger partial charge is 0.451 e. The molecule has 574 valence electrons. The van der Waals surface area contributed by atoms with Crippen molar-refractivity contribution in [2.24, 2.45) is 0 Å². The van der Waals surface area contributed by atoms with Gasteiger partial charge in [0.15, 0.2) is 0 Å². The fourth-order valence-electron chi connectivity index (χ4n) is 15.8. The van der Waals surface area contributed by atoms with Crippen LogP contribution in [0.25, 0.3) is 11.1 Å². The Hall–Kier alpha value is -6.63. The van der Waals surface area contributed by atoms with Crippen molar-refractivity contribution in [1.82, 2.24) is 0 Å². The number of rotatable bonds is 26. The van der Waals surface area contributed by atoms with Gasteiger partial charge in [-0.1, -0.05) is 143 Å². The monoisotopic (exact) mass is 1690 g/mol. The molecule has 0 bridgehead atoms. The Morgan fingerprint density at radius 1 is 0.281 bits per heavy atom. The first-order valence-electron chi connectivity index (χ1n) is 38.4. The minimum absolute atomic E-state index is 0.156. The van der Waals surface area contributed by atoms with Crippen molar-refractivity contribution < 1.29 is 36.6 Å². The molecule has 0 spiro atoms. The van der Waals surface area contributed by atoms with Gasteiger partial charge < -0.3 is 42.3 Å². The summed E-state index contributed by atoms with van der Waals surface area (Å²) in [4.78, 5) is 0. The molecule has 0 saturated heterocycles. The quantitative estimate of drug-likeness (QED) is 0.0187. The average molecular weight is 1690 g/mol. The first kappa shape index (κ1) is 89.7. The minimum atomic E-state index is -2.09. The van der Waals surface area contributed by atoms with Crippen molar-refractivity contribution in [3.63, 3.8) is 0 Å². The molecule has 22 heteroatoms. The molecular formula is C92H102B8INO8P4. The number of nitrogens with two attached hydrogens (primary N) is 1. The summed E-state index contributed by atoms with van der Waals surface area (Å²) in [6.45, 7) is 54.9.